The van der Waals surface area contributed by atoms with Crippen molar-refractivity contribution < 1.29 is 9.18 Å². The highest BCUT2D eigenvalue weighted by atomic mass is 32.2. The molecular weight excluding hydrogens is 431 g/mol. The van der Waals surface area contributed by atoms with E-state index < -0.39 is 0 Å². The van der Waals surface area contributed by atoms with Crippen molar-refractivity contribution in [1.82, 2.24) is 20.1 Å². The fraction of sp³-hybridized carbons (Fsp3) is 0.174. The topological polar surface area (TPSA) is 59.8 Å². The predicted octanol–water partition coefficient (Wildman–Crippen LogP) is 4.99. The molecule has 158 valence electrons. The van der Waals surface area contributed by atoms with E-state index >= 15 is 0 Å². The molecule has 2 aromatic carbocycles. The second kappa shape index (κ2) is 9.45. The SMILES string of the molecule is Cc1ccc(C(NC(=O)CSc2nnc(-c3ccccc3F)n2C)c2cccs2)cc1. The second-order valence-corrected chi connectivity index (χ2v) is 8.98. The molecule has 5 nitrogen and oxygen atoms in total. The molecule has 4 rings (SSSR count). The Balaban J connectivity index is 1.46. The Hall–Kier alpha value is -2.97. The molecule has 0 radical (unpaired) electrons. The Bertz CT molecular complexity index is 1170. The van der Waals surface area contributed by atoms with Crippen LogP contribution in [0.4, 0.5) is 4.39 Å². The molecule has 1 amide bonds. The molecular formula is C23H21FN4OS2. The zero-order valence-electron chi connectivity index (χ0n) is 17.1. The second-order valence-electron chi connectivity index (χ2n) is 7.06. The third kappa shape index (κ3) is 4.86. The minimum Gasteiger partial charge on any atom is -0.344 e. The number of amides is 1. The van der Waals surface area contributed by atoms with Gasteiger partial charge in [0.25, 0.3) is 0 Å². The maximum atomic E-state index is 14.1. The molecule has 8 heteroatoms. The Morgan fingerprint density at radius 2 is 1.90 bits per heavy atom. The van der Waals surface area contributed by atoms with E-state index in [1.165, 1.54) is 23.4 Å². The third-order valence-electron chi connectivity index (χ3n) is 4.83. The van der Waals surface area contributed by atoms with Gasteiger partial charge in [0, 0.05) is 11.9 Å². The third-order valence-corrected chi connectivity index (χ3v) is 6.78. The van der Waals surface area contributed by atoms with Gasteiger partial charge in [0.05, 0.1) is 17.4 Å². The van der Waals surface area contributed by atoms with Crippen LogP contribution in [0.3, 0.4) is 0 Å². The van der Waals surface area contributed by atoms with Crippen LogP contribution in [-0.4, -0.2) is 26.4 Å². The number of halogens is 1. The Kier molecular flexibility index (Phi) is 6.48. The number of aryl methyl sites for hydroxylation is 1. The molecule has 0 aliphatic heterocycles. The molecule has 1 atom stereocenters. The standard InChI is InChI=1S/C23H21FN4OS2/c1-15-9-11-16(12-10-15)21(19-8-5-13-30-19)25-20(29)14-31-23-27-26-22(28(23)2)17-6-3-4-7-18(17)24/h3-13,21H,14H2,1-2H3,(H,25,29). The number of thiophene rings is 1. The summed E-state index contributed by atoms with van der Waals surface area (Å²) in [4.78, 5) is 13.8. The largest absolute Gasteiger partial charge is 0.344 e. The Labute approximate surface area is 188 Å². The molecule has 31 heavy (non-hydrogen) atoms. The van der Waals surface area contributed by atoms with Gasteiger partial charge < -0.3 is 9.88 Å². The van der Waals surface area contributed by atoms with E-state index in [2.05, 4.69) is 15.5 Å². The van der Waals surface area contributed by atoms with E-state index in [-0.39, 0.29) is 23.5 Å². The van der Waals surface area contributed by atoms with Crippen LogP contribution in [0, 0.1) is 12.7 Å². The van der Waals surface area contributed by atoms with Crippen molar-refractivity contribution in [3.8, 4) is 11.4 Å². The summed E-state index contributed by atoms with van der Waals surface area (Å²) in [5.74, 6) is 0.137. The van der Waals surface area contributed by atoms with Crippen LogP contribution >= 0.6 is 23.1 Å². The summed E-state index contributed by atoms with van der Waals surface area (Å²) in [5, 5.41) is 13.9. The number of thioether (sulfide) groups is 1. The maximum Gasteiger partial charge on any atom is 0.231 e. The highest BCUT2D eigenvalue weighted by molar-refractivity contribution is 7.99. The summed E-state index contributed by atoms with van der Waals surface area (Å²) in [7, 11) is 1.77. The van der Waals surface area contributed by atoms with Gasteiger partial charge in [-0.3, -0.25) is 4.79 Å². The van der Waals surface area contributed by atoms with E-state index in [0.717, 1.165) is 10.4 Å². The monoisotopic (exact) mass is 452 g/mol. The van der Waals surface area contributed by atoms with E-state index in [1.54, 1.807) is 41.2 Å². The first-order valence-electron chi connectivity index (χ1n) is 9.69. The van der Waals surface area contributed by atoms with Gasteiger partial charge in [-0.25, -0.2) is 4.39 Å². The quantitative estimate of drug-likeness (QED) is 0.402. The van der Waals surface area contributed by atoms with Gasteiger partial charge >= 0.3 is 0 Å². The van der Waals surface area contributed by atoms with Crippen molar-refractivity contribution in [1.29, 1.82) is 0 Å². The summed E-state index contributed by atoms with van der Waals surface area (Å²) in [6.45, 7) is 2.04. The number of carbonyl (C=O) groups excluding carboxylic acids is 1. The highest BCUT2D eigenvalue weighted by Gasteiger charge is 2.20. The maximum absolute atomic E-state index is 14.1. The van der Waals surface area contributed by atoms with Gasteiger partial charge in [-0.15, -0.1) is 21.5 Å². The van der Waals surface area contributed by atoms with Crippen LogP contribution in [0.5, 0.6) is 0 Å². The fourth-order valence-electron chi connectivity index (χ4n) is 3.18. The number of hydrogen-bond donors (Lipinski definition) is 1. The lowest BCUT2D eigenvalue weighted by molar-refractivity contribution is -0.119. The minimum absolute atomic E-state index is 0.112. The van der Waals surface area contributed by atoms with E-state index in [0.29, 0.717) is 16.5 Å². The molecule has 2 aromatic heterocycles. The molecule has 0 fully saturated rings. The molecule has 0 aliphatic rings. The van der Waals surface area contributed by atoms with Crippen LogP contribution in [0.25, 0.3) is 11.4 Å². The first-order valence-corrected chi connectivity index (χ1v) is 11.6. The first-order chi connectivity index (χ1) is 15.0. The summed E-state index contributed by atoms with van der Waals surface area (Å²) < 4.78 is 15.8. The lowest BCUT2D eigenvalue weighted by atomic mass is 10.0. The van der Waals surface area contributed by atoms with Gasteiger partial charge in [0.2, 0.25) is 5.91 Å². The van der Waals surface area contributed by atoms with Crippen LogP contribution in [0.2, 0.25) is 0 Å². The highest BCUT2D eigenvalue weighted by Crippen LogP contribution is 2.28. The normalized spacial score (nSPS) is 12.0. The van der Waals surface area contributed by atoms with Crippen molar-refractivity contribution in [2.75, 3.05) is 5.75 Å². The smallest absolute Gasteiger partial charge is 0.231 e. The van der Waals surface area contributed by atoms with Crippen molar-refractivity contribution in [3.05, 3.63) is 87.9 Å². The number of aromatic nitrogens is 3. The predicted molar refractivity (Wildman–Crippen MR) is 123 cm³/mol. The average Bonchev–Trinajstić information content (AvgIpc) is 3.42. The van der Waals surface area contributed by atoms with Gasteiger partial charge in [-0.2, -0.15) is 0 Å². The molecule has 4 aromatic rings. The van der Waals surface area contributed by atoms with Crippen LogP contribution in [0.15, 0.2) is 71.2 Å². The summed E-state index contributed by atoms with van der Waals surface area (Å²) >= 11 is 2.88. The van der Waals surface area contributed by atoms with Gasteiger partial charge in [0.15, 0.2) is 11.0 Å². The average molecular weight is 453 g/mol. The van der Waals surface area contributed by atoms with Crippen LogP contribution in [-0.2, 0) is 11.8 Å². The Morgan fingerprint density at radius 3 is 2.61 bits per heavy atom. The van der Waals surface area contributed by atoms with Gasteiger partial charge in [-0.05, 0) is 36.1 Å². The van der Waals surface area contributed by atoms with Crippen molar-refractivity contribution in [3.63, 3.8) is 0 Å². The zero-order chi connectivity index (χ0) is 21.8. The number of nitrogens with one attached hydrogen (secondary N) is 1. The number of carbonyl (C=O) groups is 1. The fourth-order valence-corrected chi connectivity index (χ4v) is 4.71. The van der Waals surface area contributed by atoms with Crippen molar-refractivity contribution >= 4 is 29.0 Å². The molecule has 0 aliphatic carbocycles. The molecule has 0 saturated heterocycles. The summed E-state index contributed by atoms with van der Waals surface area (Å²) in [5.41, 5.74) is 2.58. The summed E-state index contributed by atoms with van der Waals surface area (Å²) in [6.07, 6.45) is 0. The molecule has 0 spiro atoms. The molecule has 1 unspecified atom stereocenters. The van der Waals surface area contributed by atoms with E-state index in [9.17, 15) is 9.18 Å². The number of hydrogen-bond acceptors (Lipinski definition) is 5. The van der Waals surface area contributed by atoms with E-state index in [1.807, 2.05) is 48.7 Å². The number of benzene rings is 2. The number of rotatable bonds is 7. The summed E-state index contributed by atoms with van der Waals surface area (Å²) in [6, 6.07) is 18.4. The van der Waals surface area contributed by atoms with Gasteiger partial charge in [0.1, 0.15) is 5.82 Å². The van der Waals surface area contributed by atoms with Crippen molar-refractivity contribution in [2.45, 2.75) is 18.1 Å². The van der Waals surface area contributed by atoms with Crippen molar-refractivity contribution in [2.24, 2.45) is 7.05 Å². The minimum atomic E-state index is -0.357. The lowest BCUT2D eigenvalue weighted by Gasteiger charge is -2.18. The van der Waals surface area contributed by atoms with Crippen LogP contribution in [0.1, 0.15) is 22.0 Å². The van der Waals surface area contributed by atoms with E-state index in [4.69, 9.17) is 0 Å². The van der Waals surface area contributed by atoms with Crippen LogP contribution < -0.4 is 5.32 Å². The first kappa shape index (κ1) is 21.3. The lowest BCUT2D eigenvalue weighted by Crippen LogP contribution is -2.30. The molecule has 1 N–H and O–H groups in total. The zero-order valence-corrected chi connectivity index (χ0v) is 18.7. The molecule has 0 bridgehead atoms. The molecule has 2 heterocycles. The number of nitrogens with zero attached hydrogens (tertiary/aromatic N) is 3. The van der Waals surface area contributed by atoms with Gasteiger partial charge in [-0.1, -0.05) is 59.8 Å². The molecule has 0 saturated carbocycles. The Morgan fingerprint density at radius 1 is 1.13 bits per heavy atom.